The Balaban J connectivity index is -0.000000333. The number of quaternary nitrogens is 2. The molecule has 0 aromatic carbocycles. The Morgan fingerprint density at radius 1 is 1.15 bits per heavy atom. The first-order valence-corrected chi connectivity index (χ1v) is 3.99. The van der Waals surface area contributed by atoms with Crippen LogP contribution >= 0.6 is 0 Å². The van der Waals surface area contributed by atoms with E-state index in [-0.39, 0.29) is 37.2 Å². The van der Waals surface area contributed by atoms with E-state index in [2.05, 4.69) is 23.4 Å². The Morgan fingerprint density at radius 3 is 1.85 bits per heavy atom. The summed E-state index contributed by atoms with van der Waals surface area (Å²) < 4.78 is 0. The Kier molecular flexibility index (Phi) is 12.0. The van der Waals surface area contributed by atoms with Crippen molar-refractivity contribution in [2.24, 2.45) is 0 Å². The number of nitrogens with zero attached hydrogens (tertiary/aromatic N) is 1. The summed E-state index contributed by atoms with van der Waals surface area (Å²) in [5, 5.41) is 0. The first-order chi connectivity index (χ1) is 4.66. The van der Waals surface area contributed by atoms with Gasteiger partial charge in [0.25, 0.3) is 0 Å². The molecular formula is C7H19Cl3N3-. The van der Waals surface area contributed by atoms with Gasteiger partial charge in [-0.25, -0.2) is 0 Å². The second-order valence-electron chi connectivity index (χ2n) is 3.55. The van der Waals surface area contributed by atoms with Gasteiger partial charge in [0.15, 0.2) is 0 Å². The molecule has 0 spiro atoms. The fourth-order valence-corrected chi connectivity index (χ4v) is 1.34. The van der Waals surface area contributed by atoms with E-state index in [1.807, 2.05) is 0 Å². The summed E-state index contributed by atoms with van der Waals surface area (Å²) >= 11 is 0. The van der Waals surface area contributed by atoms with Gasteiger partial charge in [0.2, 0.25) is 0 Å². The van der Waals surface area contributed by atoms with E-state index in [0.717, 1.165) is 6.54 Å². The molecule has 0 radical (unpaired) electrons. The van der Waals surface area contributed by atoms with Crippen LogP contribution in [0.25, 0.3) is 0 Å². The van der Waals surface area contributed by atoms with Crippen molar-refractivity contribution in [3.05, 3.63) is 0 Å². The van der Waals surface area contributed by atoms with E-state index >= 15 is 0 Å². The molecule has 1 saturated heterocycles. The maximum atomic E-state index is 4.19. The average molecular weight is 252 g/mol. The van der Waals surface area contributed by atoms with Crippen LogP contribution in [0.3, 0.4) is 0 Å². The number of hydrogen-bond acceptors (Lipinski definition) is 1. The molecule has 6 heteroatoms. The largest absolute Gasteiger partial charge is 1.00 e. The van der Waals surface area contributed by atoms with Gasteiger partial charge in [0.1, 0.15) is 12.1 Å². The molecule has 1 aliphatic heterocycles. The molecule has 3 nitrogen and oxygen atoms in total. The molecule has 0 saturated carbocycles. The van der Waals surface area contributed by atoms with Gasteiger partial charge in [0.05, 0.1) is 0 Å². The van der Waals surface area contributed by atoms with Crippen LogP contribution in [0.2, 0.25) is 0 Å². The molecular weight excluding hydrogens is 232 g/mol. The third-order valence-corrected chi connectivity index (χ3v) is 2.58. The molecule has 1 heterocycles. The van der Waals surface area contributed by atoms with Crippen LogP contribution in [0.5, 0.6) is 0 Å². The summed E-state index contributed by atoms with van der Waals surface area (Å²) in [7, 11) is 2.17. The molecule has 0 aliphatic carbocycles. The highest BCUT2D eigenvalue weighted by Crippen LogP contribution is 2.13. The fourth-order valence-electron chi connectivity index (χ4n) is 1.34. The minimum absolute atomic E-state index is 0. The number of rotatable bonds is 1. The number of likely N-dealkylation sites (tertiary alicyclic amines) is 1. The van der Waals surface area contributed by atoms with Gasteiger partial charge >= 0.3 is 0 Å². The highest BCUT2D eigenvalue weighted by molar-refractivity contribution is 4.81. The molecule has 0 atom stereocenters. The number of piperidine rings is 1. The normalized spacial score (nSPS) is 20.5. The third-order valence-electron chi connectivity index (χ3n) is 2.58. The van der Waals surface area contributed by atoms with Gasteiger partial charge in [-0.1, -0.05) is 0 Å². The Morgan fingerprint density at radius 2 is 1.54 bits per heavy atom. The zero-order valence-electron chi connectivity index (χ0n) is 8.03. The average Bonchev–Trinajstić information content (AvgIpc) is 1.96. The smallest absolute Gasteiger partial charge is 0.146 e. The second kappa shape index (κ2) is 8.09. The Labute approximate surface area is 98.8 Å². The molecule has 0 unspecified atom stereocenters. The molecule has 0 aromatic heterocycles. The molecule has 1 fully saturated rings. The molecule has 13 heavy (non-hydrogen) atoms. The van der Waals surface area contributed by atoms with Crippen LogP contribution in [-0.4, -0.2) is 37.1 Å². The topological polar surface area (TPSA) is 58.5 Å². The molecule has 1 rings (SSSR count). The van der Waals surface area contributed by atoms with Crippen LogP contribution in [0.1, 0.15) is 12.8 Å². The van der Waals surface area contributed by atoms with Crippen molar-refractivity contribution in [2.45, 2.75) is 18.4 Å². The summed E-state index contributed by atoms with van der Waals surface area (Å²) in [4.78, 5) is 2.36. The minimum atomic E-state index is 0. The Hall–Kier alpha value is 0.750. The van der Waals surface area contributed by atoms with Gasteiger partial charge in [-0.2, -0.15) is 0 Å². The van der Waals surface area contributed by atoms with Crippen LogP contribution in [0.4, 0.5) is 0 Å². The van der Waals surface area contributed by atoms with Gasteiger partial charge < -0.3 is 53.6 Å². The van der Waals surface area contributed by atoms with E-state index < -0.39 is 0 Å². The monoisotopic (exact) mass is 250 g/mol. The molecule has 0 amide bonds. The van der Waals surface area contributed by atoms with Crippen LogP contribution in [0, 0.1) is 0 Å². The molecule has 1 aliphatic rings. The van der Waals surface area contributed by atoms with Crippen molar-refractivity contribution in [1.82, 2.24) is 4.90 Å². The second-order valence-corrected chi connectivity index (χ2v) is 3.55. The summed E-state index contributed by atoms with van der Waals surface area (Å²) in [6.45, 7) is 3.37. The van der Waals surface area contributed by atoms with Crippen molar-refractivity contribution in [1.29, 1.82) is 0 Å². The third kappa shape index (κ3) is 5.94. The van der Waals surface area contributed by atoms with Crippen molar-refractivity contribution in [3.63, 3.8) is 0 Å². The maximum absolute atomic E-state index is 4.19. The van der Waals surface area contributed by atoms with Crippen molar-refractivity contribution in [2.75, 3.05) is 26.7 Å². The number of hydrogen-bond donors (Lipinski definition) is 2. The van der Waals surface area contributed by atoms with Crippen molar-refractivity contribution in [3.8, 4) is 0 Å². The zero-order chi connectivity index (χ0) is 7.61. The molecule has 0 bridgehead atoms. The molecule has 0 aromatic rings. The van der Waals surface area contributed by atoms with E-state index in [9.17, 15) is 0 Å². The van der Waals surface area contributed by atoms with Gasteiger partial charge in [0, 0.05) is 25.9 Å². The van der Waals surface area contributed by atoms with Crippen molar-refractivity contribution >= 4 is 0 Å². The fraction of sp³-hybridized carbons (Fsp3) is 1.00. The predicted molar refractivity (Wildman–Crippen MR) is 40.1 cm³/mol. The van der Waals surface area contributed by atoms with Gasteiger partial charge in [-0.05, 0) is 7.05 Å². The van der Waals surface area contributed by atoms with Crippen molar-refractivity contribution < 1.29 is 48.7 Å². The first-order valence-electron chi connectivity index (χ1n) is 3.99. The Bertz CT molecular complexity index is 116. The summed E-state index contributed by atoms with van der Waals surface area (Å²) in [6, 6.07) is 0. The highest BCUT2D eigenvalue weighted by atomic mass is 35.5. The maximum Gasteiger partial charge on any atom is 0.146 e. The lowest BCUT2D eigenvalue weighted by Gasteiger charge is -2.32. The molecule has 84 valence electrons. The summed E-state index contributed by atoms with van der Waals surface area (Å²) in [5.41, 5.74) is 8.42. The molecule has 6 N–H and O–H groups in total. The van der Waals surface area contributed by atoms with Crippen LogP contribution < -0.4 is 48.7 Å². The quantitative estimate of drug-likeness (QED) is 0.478. The van der Waals surface area contributed by atoms with E-state index in [1.54, 1.807) is 0 Å². The minimum Gasteiger partial charge on any atom is -1.00 e. The van der Waals surface area contributed by atoms with Gasteiger partial charge in [-0.3, -0.25) is 0 Å². The predicted octanol–water partition coefficient (Wildman–Crippen LogP) is -11.1. The van der Waals surface area contributed by atoms with E-state index in [4.69, 9.17) is 0 Å². The summed E-state index contributed by atoms with van der Waals surface area (Å²) in [6.07, 6.45) is 2.43. The first kappa shape index (κ1) is 19.3. The zero-order valence-corrected chi connectivity index (χ0v) is 10.3. The van der Waals surface area contributed by atoms with E-state index in [0.29, 0.717) is 5.54 Å². The SMILES string of the molecule is CN1CCC([NH3+])(C[NH3+])CC1.[Cl-].[Cl-].[Cl-]. The van der Waals surface area contributed by atoms with E-state index in [1.165, 1.54) is 25.9 Å². The lowest BCUT2D eigenvalue weighted by atomic mass is 9.89. The highest BCUT2D eigenvalue weighted by Gasteiger charge is 2.33. The standard InChI is InChI=1S/C7H17N3.3ClH/c1-10-4-2-7(9,6-8)3-5-10;;;/h2-6,8-9H2,1H3;3*1H/p-1. The van der Waals surface area contributed by atoms with Crippen LogP contribution in [0.15, 0.2) is 0 Å². The van der Waals surface area contributed by atoms with Crippen LogP contribution in [-0.2, 0) is 0 Å². The lowest BCUT2D eigenvalue weighted by Crippen LogP contribution is -3.00. The van der Waals surface area contributed by atoms with Gasteiger partial charge in [-0.15, -0.1) is 0 Å². The lowest BCUT2D eigenvalue weighted by molar-refractivity contribution is -0.545. The number of halogens is 3. The summed E-state index contributed by atoms with van der Waals surface area (Å²) in [5.74, 6) is 0.